The molecule has 0 aromatic heterocycles. The summed E-state index contributed by atoms with van der Waals surface area (Å²) in [6, 6.07) is 23.5. The van der Waals surface area contributed by atoms with Gasteiger partial charge >= 0.3 is 5.97 Å². The first-order valence-corrected chi connectivity index (χ1v) is 9.45. The van der Waals surface area contributed by atoms with E-state index in [1.54, 1.807) is 6.08 Å². The van der Waals surface area contributed by atoms with Crippen molar-refractivity contribution in [2.45, 2.75) is 20.5 Å². The van der Waals surface area contributed by atoms with Crippen molar-refractivity contribution in [3.63, 3.8) is 0 Å². The molecule has 3 aromatic carbocycles. The minimum atomic E-state index is -0.461. The first-order chi connectivity index (χ1) is 14.1. The maximum absolute atomic E-state index is 12.4. The number of aryl methyl sites for hydroxylation is 2. The minimum absolute atomic E-state index is 0.261. The molecule has 4 rings (SSSR count). The lowest BCUT2D eigenvalue weighted by Gasteiger charge is -2.10. The van der Waals surface area contributed by atoms with E-state index in [1.807, 2.05) is 86.6 Å². The highest BCUT2D eigenvalue weighted by Crippen LogP contribution is 2.27. The van der Waals surface area contributed by atoms with Gasteiger partial charge in [-0.05, 0) is 49.8 Å². The molecule has 0 N–H and O–H groups in total. The van der Waals surface area contributed by atoms with E-state index in [1.165, 1.54) is 0 Å². The Kier molecular flexibility index (Phi) is 5.25. The van der Waals surface area contributed by atoms with E-state index in [0.29, 0.717) is 18.3 Å². The van der Waals surface area contributed by atoms with Crippen LogP contribution in [0.15, 0.2) is 83.5 Å². The van der Waals surface area contributed by atoms with Crippen LogP contribution in [0, 0.1) is 13.8 Å². The number of ether oxygens (including phenoxy) is 2. The number of cyclic esters (lactones) is 1. The van der Waals surface area contributed by atoms with Gasteiger partial charge < -0.3 is 9.47 Å². The lowest BCUT2D eigenvalue weighted by molar-refractivity contribution is -0.129. The smallest absolute Gasteiger partial charge is 0.363 e. The fourth-order valence-electron chi connectivity index (χ4n) is 3.11. The number of carbonyl (C=O) groups excluding carboxylic acids is 1. The van der Waals surface area contributed by atoms with Crippen LogP contribution in [-0.2, 0) is 16.1 Å². The quantitative estimate of drug-likeness (QED) is 0.448. The molecule has 0 spiro atoms. The van der Waals surface area contributed by atoms with E-state index >= 15 is 0 Å². The molecule has 144 valence electrons. The van der Waals surface area contributed by atoms with Gasteiger partial charge in [-0.25, -0.2) is 9.79 Å². The minimum Gasteiger partial charge on any atom is -0.488 e. The second kappa shape index (κ2) is 8.15. The average molecular weight is 383 g/mol. The van der Waals surface area contributed by atoms with Gasteiger partial charge in [-0.15, -0.1) is 0 Å². The topological polar surface area (TPSA) is 47.9 Å². The van der Waals surface area contributed by atoms with Crippen molar-refractivity contribution in [3.05, 3.63) is 106 Å². The van der Waals surface area contributed by atoms with Crippen LogP contribution < -0.4 is 4.74 Å². The van der Waals surface area contributed by atoms with Crippen molar-refractivity contribution in [3.8, 4) is 5.75 Å². The molecule has 0 saturated heterocycles. The van der Waals surface area contributed by atoms with Crippen molar-refractivity contribution in [1.82, 2.24) is 0 Å². The molecule has 4 nitrogen and oxygen atoms in total. The summed E-state index contributed by atoms with van der Waals surface area (Å²) in [6.07, 6.45) is 1.72. The van der Waals surface area contributed by atoms with E-state index in [4.69, 9.17) is 9.47 Å². The van der Waals surface area contributed by atoms with Crippen LogP contribution >= 0.6 is 0 Å². The fourth-order valence-corrected chi connectivity index (χ4v) is 3.11. The molecule has 1 heterocycles. The third kappa shape index (κ3) is 4.43. The van der Waals surface area contributed by atoms with Crippen molar-refractivity contribution < 1.29 is 14.3 Å². The largest absolute Gasteiger partial charge is 0.488 e. The van der Waals surface area contributed by atoms with Gasteiger partial charge in [0.25, 0.3) is 0 Å². The lowest BCUT2D eigenvalue weighted by Crippen LogP contribution is -2.05. The van der Waals surface area contributed by atoms with Crippen LogP contribution in [0.3, 0.4) is 0 Å². The molecular formula is C25H21NO3. The maximum atomic E-state index is 12.4. The first-order valence-electron chi connectivity index (χ1n) is 9.45. The number of hydrogen-bond acceptors (Lipinski definition) is 4. The Morgan fingerprint density at radius 1 is 0.931 bits per heavy atom. The number of esters is 1. The molecule has 0 bridgehead atoms. The summed E-state index contributed by atoms with van der Waals surface area (Å²) in [6.45, 7) is 4.43. The Bertz CT molecular complexity index is 1110. The second-order valence-corrected chi connectivity index (χ2v) is 7.02. The van der Waals surface area contributed by atoms with E-state index < -0.39 is 5.97 Å². The standard InChI is InChI=1S/C25H21NO3/c1-17-7-6-10-20(13-17)24-26-22(25(27)29-24)15-21-14-18(2)11-12-23(21)28-16-19-8-4-3-5-9-19/h3-15H,16H2,1-2H3/b22-15+. The molecule has 0 fully saturated rings. The Morgan fingerprint density at radius 3 is 2.52 bits per heavy atom. The molecule has 4 heteroatoms. The van der Waals surface area contributed by atoms with Crippen LogP contribution in [-0.4, -0.2) is 11.9 Å². The Hall–Kier alpha value is -3.66. The molecule has 0 saturated carbocycles. The monoisotopic (exact) mass is 383 g/mol. The molecule has 3 aromatic rings. The molecule has 1 aliphatic heterocycles. The second-order valence-electron chi connectivity index (χ2n) is 7.02. The van der Waals surface area contributed by atoms with Crippen LogP contribution in [0.5, 0.6) is 5.75 Å². The summed E-state index contributed by atoms with van der Waals surface area (Å²) in [5, 5.41) is 0. The SMILES string of the molecule is Cc1cccc(C2=N/C(=C/c3cc(C)ccc3OCc3ccccc3)C(=O)O2)c1. The molecule has 29 heavy (non-hydrogen) atoms. The van der Waals surface area contributed by atoms with Gasteiger partial charge in [0.1, 0.15) is 12.4 Å². The zero-order chi connectivity index (χ0) is 20.2. The average Bonchev–Trinajstić information content (AvgIpc) is 3.09. The summed E-state index contributed by atoms with van der Waals surface area (Å²) >= 11 is 0. The van der Waals surface area contributed by atoms with Crippen LogP contribution in [0.4, 0.5) is 0 Å². The summed E-state index contributed by atoms with van der Waals surface area (Å²) in [7, 11) is 0. The Morgan fingerprint density at radius 2 is 1.72 bits per heavy atom. The van der Waals surface area contributed by atoms with E-state index in [2.05, 4.69) is 4.99 Å². The Labute approximate surface area is 170 Å². The highest BCUT2D eigenvalue weighted by Gasteiger charge is 2.24. The third-order valence-electron chi connectivity index (χ3n) is 4.58. The summed E-state index contributed by atoms with van der Waals surface area (Å²) < 4.78 is 11.4. The third-order valence-corrected chi connectivity index (χ3v) is 4.58. The van der Waals surface area contributed by atoms with Gasteiger partial charge in [-0.1, -0.05) is 59.7 Å². The highest BCUT2D eigenvalue weighted by molar-refractivity contribution is 6.13. The molecular weight excluding hydrogens is 362 g/mol. The number of carbonyl (C=O) groups is 1. The number of aliphatic imine (C=N–C) groups is 1. The summed E-state index contributed by atoms with van der Waals surface area (Å²) in [5.41, 5.74) is 5.06. The molecule has 0 atom stereocenters. The molecule has 1 aliphatic rings. The number of rotatable bonds is 5. The van der Waals surface area contributed by atoms with E-state index in [9.17, 15) is 4.79 Å². The van der Waals surface area contributed by atoms with Gasteiger partial charge in [0.2, 0.25) is 5.90 Å². The summed E-state index contributed by atoms with van der Waals surface area (Å²) in [5.74, 6) is 0.556. The van der Waals surface area contributed by atoms with Crippen LogP contribution in [0.1, 0.15) is 27.8 Å². The maximum Gasteiger partial charge on any atom is 0.363 e. The summed E-state index contributed by atoms with van der Waals surface area (Å²) in [4.78, 5) is 16.8. The lowest BCUT2D eigenvalue weighted by atomic mass is 10.1. The molecule has 0 aliphatic carbocycles. The first kappa shape index (κ1) is 18.7. The van der Waals surface area contributed by atoms with Crippen LogP contribution in [0.25, 0.3) is 6.08 Å². The molecule has 0 amide bonds. The predicted molar refractivity (Wildman–Crippen MR) is 114 cm³/mol. The number of nitrogens with zero attached hydrogens (tertiary/aromatic N) is 1. The van der Waals surface area contributed by atoms with Crippen LogP contribution in [0.2, 0.25) is 0 Å². The predicted octanol–water partition coefficient (Wildman–Crippen LogP) is 5.23. The zero-order valence-corrected chi connectivity index (χ0v) is 16.4. The van der Waals surface area contributed by atoms with Gasteiger partial charge in [0.15, 0.2) is 5.70 Å². The van der Waals surface area contributed by atoms with E-state index in [-0.39, 0.29) is 5.70 Å². The van der Waals surface area contributed by atoms with Gasteiger partial charge in [-0.2, -0.15) is 0 Å². The van der Waals surface area contributed by atoms with Gasteiger partial charge in [0.05, 0.1) is 0 Å². The highest BCUT2D eigenvalue weighted by atomic mass is 16.6. The van der Waals surface area contributed by atoms with E-state index in [0.717, 1.165) is 27.8 Å². The van der Waals surface area contributed by atoms with Crippen molar-refractivity contribution in [2.75, 3.05) is 0 Å². The number of benzene rings is 3. The fraction of sp³-hybridized carbons (Fsp3) is 0.120. The zero-order valence-electron chi connectivity index (χ0n) is 16.4. The number of hydrogen-bond donors (Lipinski definition) is 0. The van der Waals surface area contributed by atoms with Crippen molar-refractivity contribution in [1.29, 1.82) is 0 Å². The van der Waals surface area contributed by atoms with Gasteiger partial charge in [-0.3, -0.25) is 0 Å². The molecule has 0 radical (unpaired) electrons. The normalized spacial score (nSPS) is 14.6. The van der Waals surface area contributed by atoms with Crippen molar-refractivity contribution in [2.24, 2.45) is 4.99 Å². The molecule has 0 unspecified atom stereocenters. The van der Waals surface area contributed by atoms with Crippen molar-refractivity contribution >= 4 is 17.9 Å². The van der Waals surface area contributed by atoms with Gasteiger partial charge in [0, 0.05) is 11.1 Å². The Balaban J connectivity index is 1.63.